The van der Waals surface area contributed by atoms with Gasteiger partial charge in [0.05, 0.1) is 0 Å². The van der Waals surface area contributed by atoms with Gasteiger partial charge in [-0.05, 0) is 43.9 Å². The topological polar surface area (TPSA) is 55.1 Å². The van der Waals surface area contributed by atoms with Gasteiger partial charge >= 0.3 is 0 Å². The summed E-state index contributed by atoms with van der Waals surface area (Å²) in [6.07, 6.45) is 3.15. The number of nitrogen functional groups attached to an aromatic ring is 1. The van der Waals surface area contributed by atoms with Crippen LogP contribution in [0.4, 0.5) is 5.69 Å². The van der Waals surface area contributed by atoms with Crippen LogP contribution in [0.15, 0.2) is 24.3 Å². The highest BCUT2D eigenvalue weighted by atomic mass is 16.1. The lowest BCUT2D eigenvalue weighted by molar-refractivity contribution is -0.122. The minimum absolute atomic E-state index is 0.0766. The summed E-state index contributed by atoms with van der Waals surface area (Å²) in [6, 6.07) is 7.70. The fourth-order valence-corrected chi connectivity index (χ4v) is 1.83. The molecule has 0 aliphatic carbocycles. The van der Waals surface area contributed by atoms with Crippen molar-refractivity contribution >= 4 is 11.6 Å². The van der Waals surface area contributed by atoms with Crippen molar-refractivity contribution in [2.75, 3.05) is 5.73 Å². The van der Waals surface area contributed by atoms with Crippen molar-refractivity contribution < 1.29 is 4.79 Å². The summed E-state index contributed by atoms with van der Waals surface area (Å²) in [5, 5.41) is 3.11. The number of hydrogen-bond acceptors (Lipinski definition) is 2. The van der Waals surface area contributed by atoms with E-state index < -0.39 is 0 Å². The van der Waals surface area contributed by atoms with Crippen LogP contribution in [0.5, 0.6) is 0 Å². The molecule has 0 radical (unpaired) electrons. The number of nitrogens with one attached hydrogen (secondary N) is 1. The lowest BCUT2D eigenvalue weighted by Crippen LogP contribution is -2.45. The van der Waals surface area contributed by atoms with E-state index >= 15 is 0 Å². The fourth-order valence-electron chi connectivity index (χ4n) is 1.83. The number of carbonyl (C=O) groups is 1. The molecule has 1 rings (SSSR count). The number of benzene rings is 1. The molecule has 0 saturated carbocycles. The van der Waals surface area contributed by atoms with Gasteiger partial charge in [-0.15, -0.1) is 0 Å². The Morgan fingerprint density at radius 2 is 2.00 bits per heavy atom. The quantitative estimate of drug-likeness (QED) is 0.761. The highest BCUT2D eigenvalue weighted by Gasteiger charge is 2.21. The molecular weight excluding hydrogens is 224 g/mol. The number of rotatable bonds is 6. The van der Waals surface area contributed by atoms with Crippen LogP contribution < -0.4 is 11.1 Å². The molecule has 0 saturated heterocycles. The molecule has 100 valence electrons. The third kappa shape index (κ3) is 4.40. The van der Waals surface area contributed by atoms with Crippen molar-refractivity contribution in [2.24, 2.45) is 0 Å². The Labute approximate surface area is 110 Å². The molecule has 0 heterocycles. The molecule has 0 atom stereocenters. The van der Waals surface area contributed by atoms with Gasteiger partial charge in [0, 0.05) is 17.6 Å². The van der Waals surface area contributed by atoms with Crippen LogP contribution in [-0.2, 0) is 11.2 Å². The maximum absolute atomic E-state index is 11.9. The van der Waals surface area contributed by atoms with Crippen LogP contribution >= 0.6 is 0 Å². The summed E-state index contributed by atoms with van der Waals surface area (Å²) in [6.45, 7) is 6.29. The molecule has 0 bridgehead atoms. The SMILES string of the molecule is CCC(C)(CC)NC(=O)CCc1cccc(N)c1. The van der Waals surface area contributed by atoms with E-state index in [9.17, 15) is 4.79 Å². The van der Waals surface area contributed by atoms with Crippen molar-refractivity contribution in [2.45, 2.75) is 52.0 Å². The van der Waals surface area contributed by atoms with Crippen LogP contribution in [0.1, 0.15) is 45.6 Å². The minimum Gasteiger partial charge on any atom is -0.399 e. The van der Waals surface area contributed by atoms with Crippen LogP contribution in [0.2, 0.25) is 0 Å². The zero-order chi connectivity index (χ0) is 13.6. The van der Waals surface area contributed by atoms with E-state index in [0.717, 1.165) is 30.5 Å². The Hall–Kier alpha value is -1.51. The van der Waals surface area contributed by atoms with Gasteiger partial charge in [-0.2, -0.15) is 0 Å². The Kier molecular flexibility index (Phi) is 5.20. The molecule has 0 unspecified atom stereocenters. The van der Waals surface area contributed by atoms with Gasteiger partial charge in [0.1, 0.15) is 0 Å². The molecule has 3 N–H and O–H groups in total. The number of aryl methyl sites for hydroxylation is 1. The normalized spacial score (nSPS) is 11.3. The summed E-state index contributed by atoms with van der Waals surface area (Å²) in [5.74, 6) is 0.114. The maximum Gasteiger partial charge on any atom is 0.220 e. The van der Waals surface area contributed by atoms with Gasteiger partial charge < -0.3 is 11.1 Å². The van der Waals surface area contributed by atoms with Gasteiger partial charge in [-0.3, -0.25) is 4.79 Å². The molecular formula is C15H24N2O. The molecule has 0 aliphatic heterocycles. The molecule has 1 amide bonds. The van der Waals surface area contributed by atoms with Crippen LogP contribution in [0.25, 0.3) is 0 Å². The second-order valence-electron chi connectivity index (χ2n) is 5.06. The van der Waals surface area contributed by atoms with Crippen molar-refractivity contribution in [3.05, 3.63) is 29.8 Å². The second kappa shape index (κ2) is 6.43. The fraction of sp³-hybridized carbons (Fsp3) is 0.533. The molecule has 1 aromatic rings. The highest BCUT2D eigenvalue weighted by Crippen LogP contribution is 2.14. The monoisotopic (exact) mass is 248 g/mol. The number of amides is 1. The van der Waals surface area contributed by atoms with Crippen LogP contribution in [0.3, 0.4) is 0 Å². The smallest absolute Gasteiger partial charge is 0.220 e. The zero-order valence-electron chi connectivity index (χ0n) is 11.6. The number of anilines is 1. The molecule has 0 aliphatic rings. The van der Waals surface area contributed by atoms with Gasteiger partial charge in [-0.1, -0.05) is 26.0 Å². The predicted octanol–water partition coefficient (Wildman–Crippen LogP) is 2.90. The number of hydrogen-bond donors (Lipinski definition) is 2. The average Bonchev–Trinajstić information content (AvgIpc) is 2.36. The highest BCUT2D eigenvalue weighted by molar-refractivity contribution is 5.77. The molecule has 3 heteroatoms. The molecule has 18 heavy (non-hydrogen) atoms. The molecule has 0 aromatic heterocycles. The summed E-state index contributed by atoms with van der Waals surface area (Å²) in [7, 11) is 0. The first kappa shape index (κ1) is 14.6. The molecule has 1 aromatic carbocycles. The van der Waals surface area contributed by atoms with Gasteiger partial charge in [-0.25, -0.2) is 0 Å². The molecule has 3 nitrogen and oxygen atoms in total. The summed E-state index contributed by atoms with van der Waals surface area (Å²) in [5.41, 5.74) is 7.49. The molecule has 0 fully saturated rings. The van der Waals surface area contributed by atoms with E-state index in [4.69, 9.17) is 5.73 Å². The van der Waals surface area contributed by atoms with Gasteiger partial charge in [0.25, 0.3) is 0 Å². The van der Waals surface area contributed by atoms with Crippen molar-refractivity contribution in [3.63, 3.8) is 0 Å². The van der Waals surface area contributed by atoms with Gasteiger partial charge in [0.15, 0.2) is 0 Å². The lowest BCUT2D eigenvalue weighted by atomic mass is 9.95. The maximum atomic E-state index is 11.9. The second-order valence-corrected chi connectivity index (χ2v) is 5.06. The minimum atomic E-state index is -0.0766. The van der Waals surface area contributed by atoms with E-state index in [1.54, 1.807) is 0 Å². The van der Waals surface area contributed by atoms with Gasteiger partial charge in [0.2, 0.25) is 5.91 Å². The lowest BCUT2D eigenvalue weighted by Gasteiger charge is -2.28. The number of carbonyl (C=O) groups excluding carboxylic acids is 1. The van der Waals surface area contributed by atoms with E-state index in [0.29, 0.717) is 6.42 Å². The van der Waals surface area contributed by atoms with Crippen molar-refractivity contribution in [1.29, 1.82) is 0 Å². The third-order valence-electron chi connectivity index (χ3n) is 3.59. The first-order chi connectivity index (χ1) is 8.49. The van der Waals surface area contributed by atoms with E-state index in [1.807, 2.05) is 24.3 Å². The van der Waals surface area contributed by atoms with Crippen molar-refractivity contribution in [1.82, 2.24) is 5.32 Å². The average molecular weight is 248 g/mol. The Balaban J connectivity index is 2.47. The first-order valence-electron chi connectivity index (χ1n) is 6.64. The van der Waals surface area contributed by atoms with E-state index in [-0.39, 0.29) is 11.4 Å². The zero-order valence-corrected chi connectivity index (χ0v) is 11.6. The number of nitrogens with two attached hydrogens (primary N) is 1. The Morgan fingerprint density at radius 3 is 2.56 bits per heavy atom. The van der Waals surface area contributed by atoms with E-state index in [1.165, 1.54) is 0 Å². The van der Waals surface area contributed by atoms with Crippen molar-refractivity contribution in [3.8, 4) is 0 Å². The van der Waals surface area contributed by atoms with Crippen LogP contribution in [-0.4, -0.2) is 11.4 Å². The predicted molar refractivity (Wildman–Crippen MR) is 76.3 cm³/mol. The van der Waals surface area contributed by atoms with Crippen LogP contribution in [0, 0.1) is 0 Å². The third-order valence-corrected chi connectivity index (χ3v) is 3.59. The summed E-state index contributed by atoms with van der Waals surface area (Å²) in [4.78, 5) is 11.9. The summed E-state index contributed by atoms with van der Waals surface area (Å²) >= 11 is 0. The summed E-state index contributed by atoms with van der Waals surface area (Å²) < 4.78 is 0. The Bertz CT molecular complexity index is 397. The first-order valence-corrected chi connectivity index (χ1v) is 6.64. The van der Waals surface area contributed by atoms with E-state index in [2.05, 4.69) is 26.1 Å². The standard InChI is InChI=1S/C15H24N2O/c1-4-15(3,5-2)17-14(18)10-9-12-7-6-8-13(16)11-12/h6-8,11H,4-5,9-10,16H2,1-3H3,(H,17,18). The largest absolute Gasteiger partial charge is 0.399 e. The molecule has 0 spiro atoms. The Morgan fingerprint density at radius 1 is 1.33 bits per heavy atom.